The topological polar surface area (TPSA) is 49.8 Å². The van der Waals surface area contributed by atoms with Crippen LogP contribution in [0, 0.1) is 0 Å². The monoisotopic (exact) mass is 128 g/mol. The van der Waals surface area contributed by atoms with Gasteiger partial charge in [0.05, 0.1) is 13.2 Å². The zero-order valence-corrected chi connectivity index (χ0v) is 7.18. The Bertz CT molecular complexity index is 60.1. The molecule has 1 fully saturated rings. The van der Waals surface area contributed by atoms with Crippen molar-refractivity contribution in [3.8, 4) is 0 Å². The molecule has 0 aromatic carbocycles. The molecule has 44 valence electrons. The number of hydrogen-bond acceptors (Lipinski definition) is 2. The number of ether oxygens (including phenoxy) is 1. The maximum atomic E-state index is 9.00. The molecular formula is C4H9NaO3. The summed E-state index contributed by atoms with van der Waals surface area (Å²) in [5.74, 6) is -0.833. The first-order valence-electron chi connectivity index (χ1n) is 2.01. The molecule has 1 aliphatic heterocycles. The van der Waals surface area contributed by atoms with Gasteiger partial charge in [-0.25, -0.2) is 0 Å². The predicted molar refractivity (Wildman–Crippen MR) is 25.2 cm³/mol. The molecule has 1 heterocycles. The summed E-state index contributed by atoms with van der Waals surface area (Å²) in [6.45, 7) is 3.08. The van der Waals surface area contributed by atoms with E-state index in [0.717, 1.165) is 20.1 Å². The fourth-order valence-corrected chi connectivity index (χ4v) is 0. The van der Waals surface area contributed by atoms with Crippen molar-refractivity contribution < 1.29 is 45.6 Å². The van der Waals surface area contributed by atoms with Gasteiger partial charge in [-0.2, -0.15) is 0 Å². The third-order valence-corrected chi connectivity index (χ3v) is 0.204. The third kappa shape index (κ3) is 92.7. The first kappa shape index (κ1) is 11.3. The van der Waals surface area contributed by atoms with E-state index in [1.807, 2.05) is 0 Å². The van der Waals surface area contributed by atoms with Crippen molar-refractivity contribution in [3.05, 3.63) is 0 Å². The van der Waals surface area contributed by atoms with Gasteiger partial charge in [-0.15, -0.1) is 0 Å². The molecule has 0 aromatic heterocycles. The summed E-state index contributed by atoms with van der Waals surface area (Å²) in [5.41, 5.74) is 0. The molecule has 0 radical (unpaired) electrons. The molecule has 0 atom stereocenters. The van der Waals surface area contributed by atoms with Crippen LogP contribution in [0.4, 0.5) is 0 Å². The summed E-state index contributed by atoms with van der Waals surface area (Å²) in [5, 5.41) is 7.42. The van der Waals surface area contributed by atoms with Gasteiger partial charge in [0.2, 0.25) is 0 Å². The number of rotatable bonds is 0. The molecule has 0 amide bonds. The van der Waals surface area contributed by atoms with Gasteiger partial charge in [-0.3, -0.25) is 4.79 Å². The van der Waals surface area contributed by atoms with Crippen LogP contribution in [-0.4, -0.2) is 24.3 Å². The van der Waals surface area contributed by atoms with E-state index in [9.17, 15) is 0 Å². The van der Waals surface area contributed by atoms with Crippen LogP contribution in [0.15, 0.2) is 0 Å². The number of carbonyl (C=O) groups is 1. The normalized spacial score (nSPS) is 12.1. The largest absolute Gasteiger partial charge is 1.00 e. The van der Waals surface area contributed by atoms with Crippen molar-refractivity contribution in [1.82, 2.24) is 0 Å². The van der Waals surface area contributed by atoms with E-state index >= 15 is 0 Å². The smallest absolute Gasteiger partial charge is 1.00 e. The maximum absolute atomic E-state index is 9.00. The Labute approximate surface area is 71.8 Å². The van der Waals surface area contributed by atoms with E-state index < -0.39 is 5.97 Å². The zero-order chi connectivity index (χ0) is 5.70. The summed E-state index contributed by atoms with van der Waals surface area (Å²) in [6.07, 6.45) is 0. The molecule has 4 heteroatoms. The van der Waals surface area contributed by atoms with E-state index in [1.165, 1.54) is 0 Å². The Morgan fingerprint density at radius 3 is 1.88 bits per heavy atom. The van der Waals surface area contributed by atoms with Gasteiger partial charge in [0.1, 0.15) is 0 Å². The van der Waals surface area contributed by atoms with E-state index in [4.69, 9.17) is 9.90 Å². The fraction of sp³-hybridized carbons (Fsp3) is 0.750. The van der Waals surface area contributed by atoms with Gasteiger partial charge in [-0.1, -0.05) is 0 Å². The molecule has 0 spiro atoms. The molecular weight excluding hydrogens is 119 g/mol. The Balaban J connectivity index is -0.0000000660. The van der Waals surface area contributed by atoms with Crippen molar-refractivity contribution in [3.63, 3.8) is 0 Å². The average molecular weight is 128 g/mol. The third-order valence-electron chi connectivity index (χ3n) is 0.204. The van der Waals surface area contributed by atoms with Gasteiger partial charge in [0.25, 0.3) is 5.97 Å². The first-order chi connectivity index (χ1) is 3.23. The summed E-state index contributed by atoms with van der Waals surface area (Å²) >= 11 is 0. The predicted octanol–water partition coefficient (Wildman–Crippen LogP) is -2.78. The molecule has 0 aliphatic carbocycles. The maximum Gasteiger partial charge on any atom is 1.00 e. The second-order valence-corrected chi connectivity index (χ2v) is 1.13. The molecule has 0 saturated carbocycles. The summed E-state index contributed by atoms with van der Waals surface area (Å²) in [7, 11) is 0. The van der Waals surface area contributed by atoms with Crippen LogP contribution in [0.3, 0.4) is 0 Å². The Kier molecular flexibility index (Phi) is 10.5. The van der Waals surface area contributed by atoms with Crippen molar-refractivity contribution in [2.24, 2.45) is 0 Å². The van der Waals surface area contributed by atoms with Gasteiger partial charge in [0.15, 0.2) is 0 Å². The summed E-state index contributed by atoms with van der Waals surface area (Å²) in [6, 6.07) is 0. The summed E-state index contributed by atoms with van der Waals surface area (Å²) in [4.78, 5) is 9.00. The van der Waals surface area contributed by atoms with Crippen LogP contribution in [-0.2, 0) is 9.53 Å². The van der Waals surface area contributed by atoms with Crippen molar-refractivity contribution in [1.29, 1.82) is 0 Å². The first-order valence-corrected chi connectivity index (χ1v) is 2.01. The van der Waals surface area contributed by atoms with E-state index in [2.05, 4.69) is 4.74 Å². The fourth-order valence-electron chi connectivity index (χ4n) is 0. The number of aliphatic carboxylic acids is 1. The Hall–Kier alpha value is 0.430. The molecule has 1 aliphatic rings. The van der Waals surface area contributed by atoms with Gasteiger partial charge >= 0.3 is 29.6 Å². The van der Waals surface area contributed by atoms with Crippen LogP contribution in [0.2, 0.25) is 0 Å². The number of carboxylic acids is 1. The van der Waals surface area contributed by atoms with Crippen LogP contribution in [0.5, 0.6) is 0 Å². The molecule has 0 bridgehead atoms. The van der Waals surface area contributed by atoms with Crippen molar-refractivity contribution in [2.45, 2.75) is 6.92 Å². The minimum atomic E-state index is -0.833. The summed E-state index contributed by atoms with van der Waals surface area (Å²) < 4.78 is 4.50. The van der Waals surface area contributed by atoms with E-state index in [0.29, 0.717) is 0 Å². The van der Waals surface area contributed by atoms with Gasteiger partial charge in [0, 0.05) is 6.92 Å². The van der Waals surface area contributed by atoms with E-state index in [1.54, 1.807) is 0 Å². The van der Waals surface area contributed by atoms with Crippen molar-refractivity contribution in [2.75, 3.05) is 13.2 Å². The Morgan fingerprint density at radius 2 is 1.88 bits per heavy atom. The molecule has 8 heavy (non-hydrogen) atoms. The number of carboxylic acid groups (broad SMARTS) is 1. The van der Waals surface area contributed by atoms with Crippen LogP contribution < -0.4 is 29.6 Å². The second kappa shape index (κ2) is 7.43. The molecule has 1 saturated heterocycles. The SMILES string of the molecule is C1CO1.CC(=O)O.[H-].[Na+]. The van der Waals surface area contributed by atoms with Gasteiger partial charge < -0.3 is 11.3 Å². The molecule has 3 nitrogen and oxygen atoms in total. The zero-order valence-electron chi connectivity index (χ0n) is 6.18. The molecule has 0 aromatic rings. The number of hydrogen-bond donors (Lipinski definition) is 1. The second-order valence-electron chi connectivity index (χ2n) is 1.13. The van der Waals surface area contributed by atoms with E-state index in [-0.39, 0.29) is 31.0 Å². The van der Waals surface area contributed by atoms with Crippen molar-refractivity contribution >= 4 is 5.97 Å². The minimum Gasteiger partial charge on any atom is -1.00 e. The van der Waals surface area contributed by atoms with Gasteiger partial charge in [-0.05, 0) is 0 Å². The van der Waals surface area contributed by atoms with Crippen LogP contribution in [0.25, 0.3) is 0 Å². The average Bonchev–Trinajstić information content (AvgIpc) is 2.02. The Morgan fingerprint density at radius 1 is 1.75 bits per heavy atom. The molecule has 1 rings (SSSR count). The van der Waals surface area contributed by atoms with Crippen LogP contribution in [0.1, 0.15) is 8.35 Å². The molecule has 0 unspecified atom stereocenters. The molecule has 1 N–H and O–H groups in total. The minimum absolute atomic E-state index is 0. The number of epoxide rings is 1. The van der Waals surface area contributed by atoms with Crippen LogP contribution >= 0.6 is 0 Å². The standard InChI is InChI=1S/C2H4O2.C2H4O.Na.H/c1-2(3)4;1-2-3-1;;/h1H3,(H,3,4);1-2H2;;/q;;+1;-1. The quantitative estimate of drug-likeness (QED) is 0.284.